The molecule has 1 unspecified atom stereocenters. The van der Waals surface area contributed by atoms with Gasteiger partial charge in [-0.3, -0.25) is 4.79 Å². The summed E-state index contributed by atoms with van der Waals surface area (Å²) >= 11 is 0. The molecule has 0 amide bonds. The Balaban J connectivity index is 1.54. The van der Waals surface area contributed by atoms with Crippen LogP contribution < -0.4 is 5.73 Å². The maximum atomic E-state index is 13.1. The molecule has 3 fully saturated rings. The number of carbonyl (C=O) groups excluding carboxylic acids is 1. The number of hydrogen-bond donors (Lipinski definition) is 2. The summed E-state index contributed by atoms with van der Waals surface area (Å²) in [6.45, 7) is 16.3. The molecule has 0 heterocycles. The van der Waals surface area contributed by atoms with E-state index in [1.54, 1.807) is 0 Å². The van der Waals surface area contributed by atoms with Gasteiger partial charge >= 0.3 is 5.97 Å². The van der Waals surface area contributed by atoms with Crippen LogP contribution in [-0.4, -0.2) is 29.3 Å². The largest absolute Gasteiger partial charge is 0.460 e. The van der Waals surface area contributed by atoms with Gasteiger partial charge in [0, 0.05) is 11.8 Å². The predicted octanol–water partition coefficient (Wildman–Crippen LogP) is 7.28. The first-order chi connectivity index (χ1) is 17.4. The van der Waals surface area contributed by atoms with E-state index >= 15 is 0 Å². The highest BCUT2D eigenvalue weighted by Crippen LogP contribution is 2.67. The zero-order valence-electron chi connectivity index (χ0n) is 25.0. The molecule has 4 heteroatoms. The van der Waals surface area contributed by atoms with E-state index in [1.807, 2.05) is 6.92 Å². The predicted molar refractivity (Wildman–Crippen MR) is 152 cm³/mol. The molecule has 11 atom stereocenters. The lowest BCUT2D eigenvalue weighted by Crippen LogP contribution is -2.57. The zero-order valence-corrected chi connectivity index (χ0v) is 25.0. The van der Waals surface area contributed by atoms with Crippen LogP contribution >= 0.6 is 0 Å². The number of carbonyl (C=O) groups is 1. The fourth-order valence-corrected chi connectivity index (χ4v) is 9.58. The first-order valence-corrected chi connectivity index (χ1v) is 15.8. The van der Waals surface area contributed by atoms with Gasteiger partial charge in [-0.05, 0) is 85.4 Å². The van der Waals surface area contributed by atoms with Gasteiger partial charge < -0.3 is 15.6 Å². The van der Waals surface area contributed by atoms with Gasteiger partial charge in [0.1, 0.15) is 12.1 Å². The number of aliphatic hydroxyl groups excluding tert-OH is 1. The summed E-state index contributed by atoms with van der Waals surface area (Å²) in [4.78, 5) is 13.1. The summed E-state index contributed by atoms with van der Waals surface area (Å²) < 4.78 is 6.26. The van der Waals surface area contributed by atoms with E-state index in [2.05, 4.69) is 47.6 Å². The van der Waals surface area contributed by atoms with Crippen molar-refractivity contribution in [2.75, 3.05) is 0 Å². The van der Waals surface area contributed by atoms with Gasteiger partial charge in [-0.2, -0.15) is 0 Å². The fourth-order valence-electron chi connectivity index (χ4n) is 9.58. The molecule has 3 N–H and O–H groups in total. The molecule has 0 bridgehead atoms. The van der Waals surface area contributed by atoms with E-state index in [1.165, 1.54) is 50.5 Å². The van der Waals surface area contributed by atoms with Gasteiger partial charge in [-0.1, -0.05) is 85.8 Å². The van der Waals surface area contributed by atoms with Crippen LogP contribution in [0.15, 0.2) is 11.6 Å². The summed E-state index contributed by atoms with van der Waals surface area (Å²) in [5.74, 6) is 4.17. The van der Waals surface area contributed by atoms with Crippen molar-refractivity contribution in [2.45, 2.75) is 137 Å². The van der Waals surface area contributed by atoms with Gasteiger partial charge in [0.05, 0.1) is 6.10 Å². The molecule has 4 aliphatic carbocycles. The van der Waals surface area contributed by atoms with Gasteiger partial charge in [-0.25, -0.2) is 0 Å². The van der Waals surface area contributed by atoms with E-state index in [0.717, 1.165) is 42.9 Å². The van der Waals surface area contributed by atoms with E-state index in [0.29, 0.717) is 23.7 Å². The number of rotatable bonds is 9. The quantitative estimate of drug-likeness (QED) is 0.250. The Labute approximate surface area is 227 Å². The molecule has 0 aromatic heterocycles. The third-order valence-electron chi connectivity index (χ3n) is 12.1. The van der Waals surface area contributed by atoms with Crippen LogP contribution in [0.5, 0.6) is 0 Å². The van der Waals surface area contributed by atoms with Crippen LogP contribution in [0.25, 0.3) is 0 Å². The minimum Gasteiger partial charge on any atom is -0.460 e. The molecule has 0 aromatic carbocycles. The monoisotopic (exact) mass is 515 g/mol. The summed E-state index contributed by atoms with van der Waals surface area (Å²) in [5.41, 5.74) is 7.88. The van der Waals surface area contributed by atoms with E-state index < -0.39 is 12.1 Å². The van der Waals surface area contributed by atoms with Crippen LogP contribution in [0, 0.1) is 52.3 Å². The Bertz CT molecular complexity index is 837. The van der Waals surface area contributed by atoms with Crippen molar-refractivity contribution >= 4 is 5.97 Å². The highest BCUT2D eigenvalue weighted by molar-refractivity contribution is 5.76. The van der Waals surface area contributed by atoms with Crippen molar-refractivity contribution in [3.05, 3.63) is 11.6 Å². The van der Waals surface area contributed by atoms with Crippen LogP contribution in [0.4, 0.5) is 0 Å². The summed E-state index contributed by atoms with van der Waals surface area (Å²) in [6, 6.07) is -0.595. The molecule has 0 aromatic rings. The average molecular weight is 516 g/mol. The summed E-state index contributed by atoms with van der Waals surface area (Å²) in [7, 11) is 0. The minimum atomic E-state index is -0.595. The number of allylic oxidation sites excluding steroid dienone is 1. The second kappa shape index (κ2) is 11.3. The van der Waals surface area contributed by atoms with Gasteiger partial charge in [0.2, 0.25) is 0 Å². The van der Waals surface area contributed by atoms with E-state index in [9.17, 15) is 9.90 Å². The average Bonchev–Trinajstić information content (AvgIpc) is 3.20. The topological polar surface area (TPSA) is 72.6 Å². The van der Waals surface area contributed by atoms with Crippen molar-refractivity contribution in [3.63, 3.8) is 0 Å². The lowest BCUT2D eigenvalue weighted by molar-refractivity contribution is -0.171. The Hall–Kier alpha value is -0.870. The van der Waals surface area contributed by atoms with Gasteiger partial charge in [0.15, 0.2) is 0 Å². The molecular weight excluding hydrogens is 458 g/mol. The SMILES string of the molecule is CC[C@H](C)[C@H](N)C(=O)OC1C[C@H](O)CC2=CC[C@H]3[C@@H]4CC[C@H]([C@H](C)CCCC(C)C)[C@@]4(C)CC[C@@H]3[C@]21C. The molecule has 3 saturated carbocycles. The molecule has 4 nitrogen and oxygen atoms in total. The molecule has 0 saturated heterocycles. The molecule has 37 heavy (non-hydrogen) atoms. The Morgan fingerprint density at radius 1 is 1.14 bits per heavy atom. The first-order valence-electron chi connectivity index (χ1n) is 15.8. The smallest absolute Gasteiger partial charge is 0.323 e. The van der Waals surface area contributed by atoms with Crippen molar-refractivity contribution in [1.82, 2.24) is 0 Å². The molecule has 0 radical (unpaired) electrons. The highest BCUT2D eigenvalue weighted by Gasteiger charge is 2.61. The molecule has 0 aliphatic heterocycles. The maximum Gasteiger partial charge on any atom is 0.323 e. The first kappa shape index (κ1) is 29.1. The molecule has 0 spiro atoms. The van der Waals surface area contributed by atoms with Crippen molar-refractivity contribution < 1.29 is 14.6 Å². The van der Waals surface area contributed by atoms with Crippen LogP contribution in [-0.2, 0) is 9.53 Å². The van der Waals surface area contributed by atoms with Crippen LogP contribution in [0.2, 0.25) is 0 Å². The van der Waals surface area contributed by atoms with Gasteiger partial charge in [-0.15, -0.1) is 0 Å². The highest BCUT2D eigenvalue weighted by atomic mass is 16.5. The lowest BCUT2D eigenvalue weighted by atomic mass is 9.46. The Kier molecular flexibility index (Phi) is 8.91. The normalized spacial score (nSPS) is 41.7. The molecular formula is C33H57NO3. The lowest BCUT2D eigenvalue weighted by Gasteiger charge is -2.60. The zero-order chi connectivity index (χ0) is 27.1. The number of fused-ring (bicyclic) bond motifs is 5. The van der Waals surface area contributed by atoms with Gasteiger partial charge in [0.25, 0.3) is 0 Å². The Morgan fingerprint density at radius 2 is 1.86 bits per heavy atom. The fraction of sp³-hybridized carbons (Fsp3) is 0.909. The number of aliphatic hydroxyl groups is 1. The van der Waals surface area contributed by atoms with E-state index in [4.69, 9.17) is 10.5 Å². The molecule has 212 valence electrons. The summed E-state index contributed by atoms with van der Waals surface area (Å²) in [6.07, 6.45) is 14.3. The Morgan fingerprint density at radius 3 is 2.54 bits per heavy atom. The number of nitrogens with two attached hydrogens (primary N) is 1. The van der Waals surface area contributed by atoms with Crippen molar-refractivity contribution in [1.29, 1.82) is 0 Å². The maximum absolute atomic E-state index is 13.1. The molecule has 4 rings (SSSR count). The number of esters is 1. The molecule has 4 aliphatic rings. The second-order valence-corrected chi connectivity index (χ2v) is 14.6. The standard InChI is InChI=1S/C33H57NO3/c1-8-21(4)30(34)31(36)37-29-19-24(35)18-23-12-13-25-27-15-14-26(22(5)11-9-10-20(2)3)32(27,6)17-16-28(25)33(23,29)7/h12,20-22,24-30,35H,8-11,13-19,34H2,1-7H3/t21-,22+,24+,25-,26+,27-,28-,29?,30-,32+,33-/m0/s1. The second-order valence-electron chi connectivity index (χ2n) is 14.6. The number of hydrogen-bond acceptors (Lipinski definition) is 4. The van der Waals surface area contributed by atoms with E-state index in [-0.39, 0.29) is 23.4 Å². The van der Waals surface area contributed by atoms with Crippen LogP contribution in [0.1, 0.15) is 119 Å². The van der Waals surface area contributed by atoms with Crippen molar-refractivity contribution in [2.24, 2.45) is 58.0 Å². The minimum absolute atomic E-state index is 0.0938. The van der Waals surface area contributed by atoms with Crippen LogP contribution in [0.3, 0.4) is 0 Å². The number of ether oxygens (including phenoxy) is 1. The third-order valence-corrected chi connectivity index (χ3v) is 12.1. The third kappa shape index (κ3) is 5.32. The summed E-state index contributed by atoms with van der Waals surface area (Å²) in [5, 5.41) is 10.8. The van der Waals surface area contributed by atoms with Crippen molar-refractivity contribution in [3.8, 4) is 0 Å².